The topological polar surface area (TPSA) is 40.1 Å². The van der Waals surface area contributed by atoms with E-state index in [4.69, 9.17) is 11.6 Å². The van der Waals surface area contributed by atoms with Gasteiger partial charge in [0.2, 0.25) is 0 Å². The van der Waals surface area contributed by atoms with Crippen LogP contribution in [0, 0.1) is 6.07 Å². The van der Waals surface area contributed by atoms with Crippen molar-refractivity contribution in [2.45, 2.75) is 0 Å². The van der Waals surface area contributed by atoms with Gasteiger partial charge in [0.1, 0.15) is 0 Å². The number of benzene rings is 1. The van der Waals surface area contributed by atoms with Crippen molar-refractivity contribution in [3.05, 3.63) is 34.9 Å². The van der Waals surface area contributed by atoms with Gasteiger partial charge in [-0.3, -0.25) is 0 Å². The number of rotatable bonds is 1. The van der Waals surface area contributed by atoms with E-state index in [9.17, 15) is 9.90 Å². The van der Waals surface area contributed by atoms with Gasteiger partial charge >= 0.3 is 18.9 Å². The Kier molecular flexibility index (Phi) is 8.16. The third kappa shape index (κ3) is 4.26. The van der Waals surface area contributed by atoms with Crippen molar-refractivity contribution in [2.24, 2.45) is 0 Å². The summed E-state index contributed by atoms with van der Waals surface area (Å²) >= 11 is 5.44. The van der Waals surface area contributed by atoms with Crippen LogP contribution < -0.4 is 24.0 Å². The third-order valence-corrected chi connectivity index (χ3v) is 1.20. The van der Waals surface area contributed by atoms with E-state index < -0.39 is 5.97 Å². The molecule has 5 heteroatoms. The molecule has 0 saturated carbocycles. The minimum atomic E-state index is -1.26. The largest absolute Gasteiger partial charge is 1.00 e. The Morgan fingerprint density at radius 2 is 2.08 bits per heavy atom. The molecule has 0 unspecified atom stereocenters. The standard InChI is InChI=1S/C7H4ClO2.2Li/c8-6-3-1-2-5(4-6)7(9)10;;/h1-3H,(H,9,10);;/q;;+1/p-1. The maximum absolute atomic E-state index is 10.2. The van der Waals surface area contributed by atoms with Crippen LogP contribution in [0.2, 0.25) is 5.02 Å². The van der Waals surface area contributed by atoms with Crippen LogP contribution in [0.25, 0.3) is 0 Å². The van der Waals surface area contributed by atoms with Crippen LogP contribution in [0.3, 0.4) is 0 Å². The van der Waals surface area contributed by atoms with Crippen LogP contribution in [0.4, 0.5) is 0 Å². The Hall–Kier alpha value is 0.175. The molecule has 2 nitrogen and oxygen atoms in total. The zero-order chi connectivity index (χ0) is 7.56. The molecule has 2 radical (unpaired) electrons. The molecule has 0 aromatic heterocycles. The molecule has 0 amide bonds. The first-order chi connectivity index (χ1) is 4.70. The molecule has 1 rings (SSSR count). The van der Waals surface area contributed by atoms with E-state index in [0.29, 0.717) is 0 Å². The number of carboxylic acid groups (broad SMARTS) is 1. The van der Waals surface area contributed by atoms with E-state index in [2.05, 4.69) is 6.07 Å². The molecule has 0 atom stereocenters. The van der Waals surface area contributed by atoms with Gasteiger partial charge in [0.25, 0.3) is 0 Å². The van der Waals surface area contributed by atoms with Crippen LogP contribution in [-0.4, -0.2) is 24.8 Å². The summed E-state index contributed by atoms with van der Waals surface area (Å²) in [4.78, 5) is 10.2. The van der Waals surface area contributed by atoms with Gasteiger partial charge in [-0.05, 0) is 6.07 Å². The molecule has 12 heavy (non-hydrogen) atoms. The molecule has 0 aliphatic rings. The predicted octanol–water partition coefficient (Wildman–Crippen LogP) is -2.87. The molecule has 0 N–H and O–H groups in total. The molecule has 0 fully saturated rings. The minimum Gasteiger partial charge on any atom is -0.545 e. The maximum atomic E-state index is 10.2. The Balaban J connectivity index is 0. The van der Waals surface area contributed by atoms with Crippen molar-refractivity contribution in [1.29, 1.82) is 0 Å². The van der Waals surface area contributed by atoms with Crippen LogP contribution in [-0.2, 0) is 0 Å². The van der Waals surface area contributed by atoms with Crippen LogP contribution in [0.5, 0.6) is 0 Å². The van der Waals surface area contributed by atoms with Crippen molar-refractivity contribution in [3.8, 4) is 0 Å². The number of carbonyl (C=O) groups excluding carboxylic acids is 1. The van der Waals surface area contributed by atoms with Crippen molar-refractivity contribution >= 4 is 36.4 Å². The van der Waals surface area contributed by atoms with Crippen LogP contribution >= 0.6 is 11.6 Å². The normalized spacial score (nSPS) is 7.75. The van der Waals surface area contributed by atoms with Crippen molar-refractivity contribution in [3.63, 3.8) is 0 Å². The first-order valence-corrected chi connectivity index (χ1v) is 2.97. The smallest absolute Gasteiger partial charge is 0.545 e. The summed E-state index contributed by atoms with van der Waals surface area (Å²) in [5.74, 6) is -1.26. The average Bonchev–Trinajstić information content (AvgIpc) is 1.88. The second-order valence-corrected chi connectivity index (χ2v) is 2.11. The first kappa shape index (κ1) is 14.7. The van der Waals surface area contributed by atoms with Gasteiger partial charge < -0.3 is 9.90 Å². The molecular formula is C7H3ClLi2O2. The van der Waals surface area contributed by atoms with Gasteiger partial charge in [-0.2, -0.15) is 0 Å². The zero-order valence-electron chi connectivity index (χ0n) is 6.93. The van der Waals surface area contributed by atoms with Crippen LogP contribution in [0.1, 0.15) is 10.4 Å². The summed E-state index contributed by atoms with van der Waals surface area (Å²) < 4.78 is 0. The summed E-state index contributed by atoms with van der Waals surface area (Å²) in [7, 11) is 0. The monoisotopic (exact) mass is 168 g/mol. The molecule has 0 heterocycles. The quantitative estimate of drug-likeness (QED) is 0.423. The van der Waals surface area contributed by atoms with Gasteiger partial charge in [-0.15, -0.1) is 0 Å². The molecule has 0 aliphatic carbocycles. The van der Waals surface area contributed by atoms with Crippen LogP contribution in [0.15, 0.2) is 18.2 Å². The number of hydrogen-bond donors (Lipinski definition) is 0. The summed E-state index contributed by atoms with van der Waals surface area (Å²) in [6.45, 7) is 0. The Morgan fingerprint density at radius 1 is 1.50 bits per heavy atom. The summed E-state index contributed by atoms with van der Waals surface area (Å²) in [6.07, 6.45) is 0. The molecular weight excluding hydrogens is 165 g/mol. The molecule has 0 saturated heterocycles. The second kappa shape index (κ2) is 6.67. The Labute approximate surface area is 99.7 Å². The fourth-order valence-corrected chi connectivity index (χ4v) is 0.734. The fourth-order valence-electron chi connectivity index (χ4n) is 0.560. The zero-order valence-corrected chi connectivity index (χ0v) is 7.68. The van der Waals surface area contributed by atoms with Gasteiger partial charge in [0.05, 0.1) is 5.97 Å². The van der Waals surface area contributed by atoms with E-state index in [1.165, 1.54) is 12.1 Å². The van der Waals surface area contributed by atoms with Gasteiger partial charge in [-0.1, -0.05) is 23.7 Å². The molecule has 1 aromatic rings. The maximum Gasteiger partial charge on any atom is 1.00 e. The summed E-state index contributed by atoms with van der Waals surface area (Å²) in [5, 5.41) is 10.4. The molecule has 52 valence electrons. The Bertz CT molecular complexity index is 265. The van der Waals surface area contributed by atoms with E-state index in [1.807, 2.05) is 0 Å². The first-order valence-electron chi connectivity index (χ1n) is 2.59. The molecule has 1 aromatic carbocycles. The van der Waals surface area contributed by atoms with Crippen molar-refractivity contribution in [2.75, 3.05) is 0 Å². The van der Waals surface area contributed by atoms with E-state index >= 15 is 0 Å². The van der Waals surface area contributed by atoms with Crippen molar-refractivity contribution < 1.29 is 28.8 Å². The Morgan fingerprint density at radius 3 is 2.42 bits per heavy atom. The number of carboxylic acids is 1. The minimum absolute atomic E-state index is 0. The predicted molar refractivity (Wildman–Crippen MR) is 40.4 cm³/mol. The molecule has 0 bridgehead atoms. The van der Waals surface area contributed by atoms with E-state index in [1.54, 1.807) is 6.07 Å². The number of aromatic carboxylic acids is 1. The third-order valence-electron chi connectivity index (χ3n) is 0.979. The molecule has 0 spiro atoms. The average molecular weight is 168 g/mol. The fraction of sp³-hybridized carbons (Fsp3) is 0. The van der Waals surface area contributed by atoms with Gasteiger partial charge in [-0.25, -0.2) is 0 Å². The van der Waals surface area contributed by atoms with Gasteiger partial charge in [0, 0.05) is 35.5 Å². The van der Waals surface area contributed by atoms with E-state index in [0.717, 1.165) is 0 Å². The second-order valence-electron chi connectivity index (χ2n) is 1.70. The number of carbonyl (C=O) groups is 1. The van der Waals surface area contributed by atoms with Crippen molar-refractivity contribution in [1.82, 2.24) is 0 Å². The number of hydrogen-bond acceptors (Lipinski definition) is 2. The number of halogens is 1. The van der Waals surface area contributed by atoms with Gasteiger partial charge in [0.15, 0.2) is 0 Å². The summed E-state index contributed by atoms with van der Waals surface area (Å²) in [6, 6.07) is 6.87. The van der Waals surface area contributed by atoms with E-state index in [-0.39, 0.29) is 48.3 Å². The SMILES string of the molecule is O=C([O-])c1[c]c(Cl)ccc1.[Li+].[Li]. The summed E-state index contributed by atoms with van der Waals surface area (Å²) in [5.41, 5.74) is -0.0208. The molecule has 0 aliphatic heterocycles.